The van der Waals surface area contributed by atoms with E-state index in [4.69, 9.17) is 4.74 Å². The number of hydrogen-bond donors (Lipinski definition) is 1. The quantitative estimate of drug-likeness (QED) is 0.747. The van der Waals surface area contributed by atoms with Gasteiger partial charge in [0.2, 0.25) is 10.0 Å². The third-order valence-electron chi connectivity index (χ3n) is 4.85. The summed E-state index contributed by atoms with van der Waals surface area (Å²) in [6, 6.07) is 6.40. The number of benzene rings is 1. The number of nitrogens with zero attached hydrogens (tertiary/aromatic N) is 1. The van der Waals surface area contributed by atoms with Gasteiger partial charge in [-0.05, 0) is 69.3 Å². The minimum absolute atomic E-state index is 0.227. The van der Waals surface area contributed by atoms with E-state index >= 15 is 0 Å². The molecule has 1 saturated heterocycles. The van der Waals surface area contributed by atoms with Crippen molar-refractivity contribution >= 4 is 16.0 Å². The first-order chi connectivity index (χ1) is 12.0. The Morgan fingerprint density at radius 2 is 1.80 bits per heavy atom. The molecule has 2 fully saturated rings. The van der Waals surface area contributed by atoms with E-state index in [-0.39, 0.29) is 4.90 Å². The number of sulfonamides is 1. The molecular formula is C18H26N2O4S. The molecule has 0 bridgehead atoms. The first kappa shape index (κ1) is 18.4. The molecule has 0 aromatic heterocycles. The lowest BCUT2D eigenvalue weighted by atomic mass is 10.1. The van der Waals surface area contributed by atoms with Gasteiger partial charge in [-0.2, -0.15) is 4.31 Å². The monoisotopic (exact) mass is 366 g/mol. The zero-order chi connectivity index (χ0) is 17.9. The van der Waals surface area contributed by atoms with E-state index in [2.05, 4.69) is 5.32 Å². The summed E-state index contributed by atoms with van der Waals surface area (Å²) in [6.45, 7) is 4.16. The normalized spacial score (nSPS) is 19.7. The third-order valence-corrected chi connectivity index (χ3v) is 6.76. The highest BCUT2D eigenvalue weighted by atomic mass is 32.2. The average Bonchev–Trinajstić information content (AvgIpc) is 3.45. The van der Waals surface area contributed by atoms with Gasteiger partial charge in [0.15, 0.2) is 0 Å². The Morgan fingerprint density at radius 3 is 2.36 bits per heavy atom. The maximum Gasteiger partial charge on any atom is 0.338 e. The largest absolute Gasteiger partial charge is 0.462 e. The maximum absolute atomic E-state index is 12.8. The number of esters is 1. The number of rotatable bonds is 7. The maximum atomic E-state index is 12.8. The van der Waals surface area contributed by atoms with Crippen molar-refractivity contribution in [3.8, 4) is 0 Å². The first-order valence-corrected chi connectivity index (χ1v) is 10.5. The molecule has 7 heteroatoms. The van der Waals surface area contributed by atoms with Crippen molar-refractivity contribution in [3.05, 3.63) is 29.8 Å². The Bertz CT molecular complexity index is 690. The van der Waals surface area contributed by atoms with Crippen LogP contribution < -0.4 is 5.32 Å². The average molecular weight is 366 g/mol. The molecule has 1 saturated carbocycles. The van der Waals surface area contributed by atoms with Crippen LogP contribution in [-0.2, 0) is 14.8 Å². The molecule has 0 spiro atoms. The predicted octanol–water partition coefficient (Wildman–Crippen LogP) is 2.02. The zero-order valence-corrected chi connectivity index (χ0v) is 15.4. The highest BCUT2D eigenvalue weighted by Crippen LogP contribution is 2.28. The number of carbonyl (C=O) groups excluding carboxylic acids is 1. The summed E-state index contributed by atoms with van der Waals surface area (Å²) in [5.41, 5.74) is 0.365. The lowest BCUT2D eigenvalue weighted by Crippen LogP contribution is -2.45. The number of carbonyl (C=O) groups is 1. The van der Waals surface area contributed by atoms with Crippen molar-refractivity contribution < 1.29 is 17.9 Å². The fraction of sp³-hybridized carbons (Fsp3) is 0.611. The van der Waals surface area contributed by atoms with Crippen LogP contribution in [0.2, 0.25) is 0 Å². The minimum Gasteiger partial charge on any atom is -0.462 e. The molecule has 25 heavy (non-hydrogen) atoms. The molecule has 1 aromatic rings. The fourth-order valence-corrected chi connectivity index (χ4v) is 4.55. The van der Waals surface area contributed by atoms with Crippen molar-refractivity contribution in [1.82, 2.24) is 9.62 Å². The van der Waals surface area contributed by atoms with Crippen LogP contribution in [0.15, 0.2) is 29.2 Å². The van der Waals surface area contributed by atoms with Gasteiger partial charge in [-0.1, -0.05) is 0 Å². The number of piperidine rings is 1. The molecule has 1 heterocycles. The number of ether oxygens (including phenoxy) is 1. The molecule has 6 nitrogen and oxygen atoms in total. The van der Waals surface area contributed by atoms with E-state index in [1.165, 1.54) is 37.1 Å². The van der Waals surface area contributed by atoms with Gasteiger partial charge < -0.3 is 10.1 Å². The summed E-state index contributed by atoms with van der Waals surface area (Å²) in [5.74, 6) is 0.397. The van der Waals surface area contributed by atoms with Gasteiger partial charge in [0.1, 0.15) is 0 Å². The summed E-state index contributed by atoms with van der Waals surface area (Å²) in [7, 11) is -3.51. The van der Waals surface area contributed by atoms with Crippen LogP contribution in [0.1, 0.15) is 43.0 Å². The van der Waals surface area contributed by atoms with Crippen molar-refractivity contribution in [3.63, 3.8) is 0 Å². The summed E-state index contributed by atoms with van der Waals surface area (Å²) < 4.78 is 32.0. The van der Waals surface area contributed by atoms with Gasteiger partial charge in [-0.25, -0.2) is 13.2 Å². The summed E-state index contributed by atoms with van der Waals surface area (Å²) in [6.07, 6.45) is 4.32. The molecule has 1 N–H and O–H groups in total. The van der Waals surface area contributed by atoms with Crippen LogP contribution in [0.5, 0.6) is 0 Å². The van der Waals surface area contributed by atoms with Gasteiger partial charge in [0.25, 0.3) is 0 Å². The van der Waals surface area contributed by atoms with E-state index in [9.17, 15) is 13.2 Å². The Kier molecular flexibility index (Phi) is 5.76. The van der Waals surface area contributed by atoms with Crippen molar-refractivity contribution in [2.45, 2.75) is 43.5 Å². The van der Waals surface area contributed by atoms with Gasteiger partial charge in [0, 0.05) is 19.1 Å². The van der Waals surface area contributed by atoms with Gasteiger partial charge >= 0.3 is 5.97 Å². The van der Waals surface area contributed by atoms with Gasteiger partial charge in [-0.3, -0.25) is 0 Å². The van der Waals surface area contributed by atoms with E-state index in [0.717, 1.165) is 25.3 Å². The van der Waals surface area contributed by atoms with Crippen LogP contribution >= 0.6 is 0 Å². The highest BCUT2D eigenvalue weighted by molar-refractivity contribution is 7.89. The Labute approximate surface area is 149 Å². The van der Waals surface area contributed by atoms with Gasteiger partial charge in [0.05, 0.1) is 17.1 Å². The second kappa shape index (κ2) is 7.85. The molecule has 1 aliphatic carbocycles. The van der Waals surface area contributed by atoms with Crippen molar-refractivity contribution in [2.75, 3.05) is 26.2 Å². The number of nitrogens with one attached hydrogen (secondary N) is 1. The first-order valence-electron chi connectivity index (χ1n) is 9.01. The van der Waals surface area contributed by atoms with E-state index < -0.39 is 16.0 Å². The molecule has 3 rings (SSSR count). The third kappa shape index (κ3) is 4.59. The predicted molar refractivity (Wildman–Crippen MR) is 94.9 cm³/mol. The Hall–Kier alpha value is -1.44. The molecule has 1 aliphatic heterocycles. The highest BCUT2D eigenvalue weighted by Gasteiger charge is 2.30. The van der Waals surface area contributed by atoms with Crippen LogP contribution in [0.25, 0.3) is 0 Å². The molecule has 1 aromatic carbocycles. The molecule has 0 amide bonds. The molecule has 138 valence electrons. The fourth-order valence-electron chi connectivity index (χ4n) is 3.08. The molecule has 2 aliphatic rings. The van der Waals surface area contributed by atoms with Crippen LogP contribution in [0.3, 0.4) is 0 Å². The summed E-state index contributed by atoms with van der Waals surface area (Å²) in [4.78, 5) is 11.9. The standard InChI is InChI=1S/C18H26N2O4S/c1-2-24-18(21)15-5-7-17(8-6-15)25(22,23)20-11-9-16(10-12-20)19-13-14-3-4-14/h5-8,14,16,19H,2-4,9-13H2,1H3. The minimum atomic E-state index is -3.51. The lowest BCUT2D eigenvalue weighted by Gasteiger charge is -2.31. The van der Waals surface area contributed by atoms with E-state index in [1.54, 1.807) is 11.2 Å². The lowest BCUT2D eigenvalue weighted by molar-refractivity contribution is 0.0526. The topological polar surface area (TPSA) is 75.7 Å². The van der Waals surface area contributed by atoms with Crippen LogP contribution in [0.4, 0.5) is 0 Å². The number of hydrogen-bond acceptors (Lipinski definition) is 5. The molecule has 0 radical (unpaired) electrons. The SMILES string of the molecule is CCOC(=O)c1ccc(S(=O)(=O)N2CCC(NCC3CC3)CC2)cc1. The van der Waals surface area contributed by atoms with Crippen LogP contribution in [-0.4, -0.2) is 51.0 Å². The smallest absolute Gasteiger partial charge is 0.338 e. The zero-order valence-electron chi connectivity index (χ0n) is 14.6. The second-order valence-electron chi connectivity index (χ2n) is 6.77. The summed E-state index contributed by atoms with van der Waals surface area (Å²) >= 11 is 0. The molecule has 0 unspecified atom stereocenters. The summed E-state index contributed by atoms with van der Waals surface area (Å²) in [5, 5.41) is 3.55. The second-order valence-corrected chi connectivity index (χ2v) is 8.71. The Morgan fingerprint density at radius 1 is 1.16 bits per heavy atom. The van der Waals surface area contributed by atoms with Gasteiger partial charge in [-0.15, -0.1) is 0 Å². The Balaban J connectivity index is 1.58. The van der Waals surface area contributed by atoms with Crippen molar-refractivity contribution in [2.24, 2.45) is 5.92 Å². The van der Waals surface area contributed by atoms with Crippen LogP contribution in [0, 0.1) is 5.92 Å². The van der Waals surface area contributed by atoms with Crippen molar-refractivity contribution in [1.29, 1.82) is 0 Å². The molecular weight excluding hydrogens is 340 g/mol. The molecule has 0 atom stereocenters. The van der Waals surface area contributed by atoms with E-state index in [0.29, 0.717) is 31.3 Å². The van der Waals surface area contributed by atoms with E-state index in [1.807, 2.05) is 0 Å².